The largest absolute Gasteiger partial charge is 0.372 e. The lowest BCUT2D eigenvalue weighted by Gasteiger charge is -2.30. The third-order valence-corrected chi connectivity index (χ3v) is 9.28. The van der Waals surface area contributed by atoms with Crippen LogP contribution in [0.1, 0.15) is 59.3 Å². The Morgan fingerprint density at radius 2 is 2.00 bits per heavy atom. The van der Waals surface area contributed by atoms with Gasteiger partial charge >= 0.3 is 0 Å². The number of morpholine rings is 1. The summed E-state index contributed by atoms with van der Waals surface area (Å²) >= 11 is 0. The van der Waals surface area contributed by atoms with Gasteiger partial charge in [0.1, 0.15) is 18.0 Å². The standard InChI is InChI=1S/C33H30FN7O2/c1-33-13-23(16-43-33)40(17-33)14-19-8-26-27(28(34)9-19)15-41(32(26)42)30-11-21(10-29(37-30)20-4-5-20)24-7-6-22(35-2)12-25(24)31-38-36-18-39(31)3/h6-12,18,20,23H,4-5,13-17H2,1,3H3/t23-,33-/m0/s1. The molecule has 2 saturated heterocycles. The molecule has 5 heterocycles. The number of anilines is 1. The number of likely N-dealkylation sites (tertiary alicyclic amines) is 1. The predicted octanol–water partition coefficient (Wildman–Crippen LogP) is 5.63. The quantitative estimate of drug-likeness (QED) is 0.277. The first-order chi connectivity index (χ1) is 20.8. The molecule has 3 aliphatic heterocycles. The molecule has 0 unspecified atom stereocenters. The van der Waals surface area contributed by atoms with Crippen molar-refractivity contribution in [1.29, 1.82) is 0 Å². The highest BCUT2D eigenvalue weighted by Crippen LogP contribution is 2.44. The minimum Gasteiger partial charge on any atom is -0.372 e. The van der Waals surface area contributed by atoms with Gasteiger partial charge in [-0.2, -0.15) is 0 Å². The number of pyridine rings is 1. The molecule has 0 spiro atoms. The Morgan fingerprint density at radius 3 is 2.70 bits per heavy atom. The lowest BCUT2D eigenvalue weighted by molar-refractivity contribution is -0.0351. The van der Waals surface area contributed by atoms with Gasteiger partial charge in [-0.1, -0.05) is 12.1 Å². The van der Waals surface area contributed by atoms with Gasteiger partial charge in [0.05, 0.1) is 25.3 Å². The molecular formula is C33H30FN7O2. The number of amides is 1. The molecule has 2 atom stereocenters. The molecule has 1 saturated carbocycles. The summed E-state index contributed by atoms with van der Waals surface area (Å²) in [4.78, 5) is 26.4. The second-order valence-corrected chi connectivity index (χ2v) is 12.5. The first kappa shape index (κ1) is 26.2. The van der Waals surface area contributed by atoms with E-state index in [2.05, 4.69) is 32.9 Å². The van der Waals surface area contributed by atoms with E-state index in [1.807, 2.05) is 35.9 Å². The molecule has 0 radical (unpaired) electrons. The van der Waals surface area contributed by atoms with Crippen LogP contribution in [0, 0.1) is 12.4 Å². The summed E-state index contributed by atoms with van der Waals surface area (Å²) in [5.74, 6) is 0.870. The summed E-state index contributed by atoms with van der Waals surface area (Å²) in [5.41, 5.74) is 5.40. The van der Waals surface area contributed by atoms with E-state index < -0.39 is 0 Å². The number of benzene rings is 2. The van der Waals surface area contributed by atoms with Gasteiger partial charge < -0.3 is 9.30 Å². The van der Waals surface area contributed by atoms with Crippen molar-refractivity contribution in [2.24, 2.45) is 7.05 Å². The molecule has 4 aliphatic rings. The van der Waals surface area contributed by atoms with Crippen LogP contribution in [-0.2, 0) is 24.9 Å². The Balaban J connectivity index is 1.16. The first-order valence-electron chi connectivity index (χ1n) is 14.7. The molecule has 1 amide bonds. The highest BCUT2D eigenvalue weighted by molar-refractivity contribution is 6.10. The number of rotatable bonds is 6. The Kier molecular flexibility index (Phi) is 5.80. The van der Waals surface area contributed by atoms with Crippen molar-refractivity contribution in [3.05, 3.63) is 88.4 Å². The molecule has 0 N–H and O–H groups in total. The molecular weight excluding hydrogens is 545 g/mol. The summed E-state index contributed by atoms with van der Waals surface area (Å²) < 4.78 is 23.3. The highest BCUT2D eigenvalue weighted by Gasteiger charge is 2.47. The summed E-state index contributed by atoms with van der Waals surface area (Å²) in [6.45, 7) is 11.9. The van der Waals surface area contributed by atoms with E-state index in [9.17, 15) is 4.79 Å². The zero-order valence-corrected chi connectivity index (χ0v) is 24.0. The maximum absolute atomic E-state index is 15.5. The van der Waals surface area contributed by atoms with E-state index in [0.717, 1.165) is 53.8 Å². The third-order valence-electron chi connectivity index (χ3n) is 9.28. The molecule has 4 aromatic rings. The van der Waals surface area contributed by atoms with Gasteiger partial charge in [0.25, 0.3) is 5.91 Å². The van der Waals surface area contributed by atoms with E-state index in [4.69, 9.17) is 16.3 Å². The number of nitrogens with zero attached hydrogens (tertiary/aromatic N) is 7. The monoisotopic (exact) mass is 575 g/mol. The summed E-state index contributed by atoms with van der Waals surface area (Å²) in [6, 6.07) is 13.2. The zero-order valence-electron chi connectivity index (χ0n) is 24.0. The van der Waals surface area contributed by atoms with Crippen molar-refractivity contribution in [2.75, 3.05) is 18.1 Å². The Hall–Kier alpha value is -4.46. The topological polar surface area (TPSA) is 80.7 Å². The molecule has 10 heteroatoms. The maximum atomic E-state index is 15.5. The van der Waals surface area contributed by atoms with Gasteiger partial charge in [0.15, 0.2) is 11.5 Å². The van der Waals surface area contributed by atoms with Crippen molar-refractivity contribution in [3.8, 4) is 22.5 Å². The van der Waals surface area contributed by atoms with Crippen LogP contribution in [0.4, 0.5) is 15.9 Å². The van der Waals surface area contributed by atoms with E-state index in [1.54, 1.807) is 23.4 Å². The van der Waals surface area contributed by atoms with Crippen LogP contribution in [0.5, 0.6) is 0 Å². The zero-order chi connectivity index (χ0) is 29.5. The number of fused-ring (bicyclic) bond motifs is 3. The molecule has 8 rings (SSSR count). The van der Waals surface area contributed by atoms with E-state index in [1.165, 1.54) is 0 Å². The van der Waals surface area contributed by atoms with Crippen LogP contribution in [-0.4, -0.2) is 55.4 Å². The highest BCUT2D eigenvalue weighted by atomic mass is 19.1. The number of aromatic nitrogens is 4. The van der Waals surface area contributed by atoms with Crippen molar-refractivity contribution >= 4 is 17.4 Å². The van der Waals surface area contributed by atoms with Crippen LogP contribution < -0.4 is 4.90 Å². The Morgan fingerprint density at radius 1 is 1.14 bits per heavy atom. The number of hydrogen-bond acceptors (Lipinski definition) is 6. The number of aryl methyl sites for hydroxylation is 1. The second-order valence-electron chi connectivity index (χ2n) is 12.5. The summed E-state index contributed by atoms with van der Waals surface area (Å²) in [5, 5.41) is 8.35. The fraction of sp³-hybridized carbons (Fsp3) is 0.364. The van der Waals surface area contributed by atoms with Crippen LogP contribution >= 0.6 is 0 Å². The smallest absolute Gasteiger partial charge is 0.260 e. The summed E-state index contributed by atoms with van der Waals surface area (Å²) in [6.07, 6.45) is 4.69. The SMILES string of the molecule is [C-]#[N+]c1ccc(-c2cc(C3CC3)nc(N3Cc4c(F)cc(CN5C[C@]6(C)C[C@H]5CO6)cc4C3=O)c2)c(-c2nncn2C)c1. The molecule has 2 bridgehead atoms. The fourth-order valence-corrected chi connectivity index (χ4v) is 6.92. The maximum Gasteiger partial charge on any atom is 0.260 e. The van der Waals surface area contributed by atoms with Gasteiger partial charge in [0.2, 0.25) is 0 Å². The molecule has 1 aliphatic carbocycles. The third kappa shape index (κ3) is 4.42. The van der Waals surface area contributed by atoms with E-state index in [-0.39, 0.29) is 23.9 Å². The van der Waals surface area contributed by atoms with Crippen LogP contribution in [0.2, 0.25) is 0 Å². The van der Waals surface area contributed by atoms with Crippen molar-refractivity contribution < 1.29 is 13.9 Å². The van der Waals surface area contributed by atoms with Crippen molar-refractivity contribution in [2.45, 2.75) is 56.8 Å². The average molecular weight is 576 g/mol. The first-order valence-corrected chi connectivity index (χ1v) is 14.7. The number of carbonyl (C=O) groups excluding carboxylic acids is 1. The Bertz CT molecular complexity index is 1860. The van der Waals surface area contributed by atoms with Gasteiger partial charge in [-0.25, -0.2) is 14.2 Å². The van der Waals surface area contributed by atoms with Gasteiger partial charge in [-0.15, -0.1) is 10.2 Å². The molecule has 216 valence electrons. The summed E-state index contributed by atoms with van der Waals surface area (Å²) in [7, 11) is 1.86. The molecule has 3 fully saturated rings. The van der Waals surface area contributed by atoms with Gasteiger partial charge in [0, 0.05) is 54.5 Å². The molecule has 43 heavy (non-hydrogen) atoms. The number of ether oxygens (including phenoxy) is 1. The molecule has 2 aromatic carbocycles. The van der Waals surface area contributed by atoms with E-state index >= 15 is 4.39 Å². The molecule has 2 aromatic heterocycles. The van der Waals surface area contributed by atoms with Gasteiger partial charge in [-0.05, 0) is 73.2 Å². The number of carbonyl (C=O) groups is 1. The number of halogens is 1. The lowest BCUT2D eigenvalue weighted by atomic mass is 9.97. The molecule has 9 nitrogen and oxygen atoms in total. The Labute approximate surface area is 248 Å². The van der Waals surface area contributed by atoms with Crippen LogP contribution in [0.3, 0.4) is 0 Å². The minimum atomic E-state index is -0.354. The van der Waals surface area contributed by atoms with Gasteiger partial charge in [-0.3, -0.25) is 14.6 Å². The second kappa shape index (κ2) is 9.53. The van der Waals surface area contributed by atoms with Crippen molar-refractivity contribution in [3.63, 3.8) is 0 Å². The van der Waals surface area contributed by atoms with Crippen molar-refractivity contribution in [1.82, 2.24) is 24.6 Å². The fourth-order valence-electron chi connectivity index (χ4n) is 6.92. The van der Waals surface area contributed by atoms with Crippen LogP contribution in [0.15, 0.2) is 48.8 Å². The minimum absolute atomic E-state index is 0.131. The van der Waals surface area contributed by atoms with Crippen LogP contribution in [0.25, 0.3) is 27.4 Å². The predicted molar refractivity (Wildman–Crippen MR) is 158 cm³/mol. The average Bonchev–Trinajstić information content (AvgIpc) is 3.36. The van der Waals surface area contributed by atoms with E-state index in [0.29, 0.717) is 53.6 Å². The lowest BCUT2D eigenvalue weighted by Crippen LogP contribution is -2.40. The number of hydrogen-bond donors (Lipinski definition) is 0. The normalized spacial score (nSPS) is 22.8.